The van der Waals surface area contributed by atoms with Gasteiger partial charge in [-0.1, -0.05) is 29.8 Å². The molecule has 4 atom stereocenters. The number of ketones is 2. The molecule has 9 nitrogen and oxygen atoms in total. The maximum absolute atomic E-state index is 14.3. The fourth-order valence-corrected chi connectivity index (χ4v) is 7.79. The number of amides is 2. The molecule has 0 bridgehead atoms. The van der Waals surface area contributed by atoms with E-state index in [0.717, 1.165) is 11.4 Å². The minimum absolute atomic E-state index is 0.109. The minimum Gasteiger partial charge on any atom is -0.507 e. The van der Waals surface area contributed by atoms with Crippen LogP contribution < -0.4 is 19.7 Å². The Labute approximate surface area is 273 Å². The second kappa shape index (κ2) is 11.4. The molecule has 1 fully saturated rings. The zero-order valence-corrected chi connectivity index (χ0v) is 26.5. The summed E-state index contributed by atoms with van der Waals surface area (Å²) < 4.78 is 11.1. The van der Waals surface area contributed by atoms with Crippen molar-refractivity contribution < 1.29 is 33.8 Å². The van der Waals surface area contributed by atoms with Gasteiger partial charge < -0.3 is 19.9 Å². The van der Waals surface area contributed by atoms with E-state index in [4.69, 9.17) is 9.47 Å². The van der Waals surface area contributed by atoms with Gasteiger partial charge in [0, 0.05) is 52.2 Å². The van der Waals surface area contributed by atoms with Crippen molar-refractivity contribution in [3.8, 4) is 17.2 Å². The second-order valence-corrected chi connectivity index (χ2v) is 12.6. The number of rotatable bonds is 6. The number of imide groups is 1. The number of allylic oxidation sites excluding steroid dienone is 6. The molecule has 3 aromatic carbocycles. The van der Waals surface area contributed by atoms with Crippen molar-refractivity contribution in [2.75, 3.05) is 24.4 Å². The Bertz CT molecular complexity index is 1910. The topological polar surface area (TPSA) is 122 Å². The number of nitrogens with zero attached hydrogens (tertiary/aromatic N) is 1. The van der Waals surface area contributed by atoms with Crippen molar-refractivity contribution in [2.45, 2.75) is 18.8 Å². The van der Waals surface area contributed by atoms with Gasteiger partial charge in [0.05, 0.1) is 36.2 Å². The molecule has 1 saturated heterocycles. The van der Waals surface area contributed by atoms with E-state index in [1.807, 2.05) is 48.5 Å². The molecule has 2 amide bonds. The molecule has 3 aliphatic carbocycles. The van der Waals surface area contributed by atoms with E-state index in [9.17, 15) is 24.3 Å². The van der Waals surface area contributed by atoms with Crippen LogP contribution in [0.2, 0.25) is 0 Å². The van der Waals surface area contributed by atoms with Crippen LogP contribution in [0.25, 0.3) is 0 Å². The summed E-state index contributed by atoms with van der Waals surface area (Å²) in [5.41, 5.74) is 3.68. The Morgan fingerprint density at radius 1 is 0.891 bits per heavy atom. The lowest BCUT2D eigenvalue weighted by Crippen LogP contribution is -2.39. The van der Waals surface area contributed by atoms with Gasteiger partial charge in [-0.2, -0.15) is 0 Å². The molecule has 0 radical (unpaired) electrons. The van der Waals surface area contributed by atoms with Crippen LogP contribution in [-0.2, 0) is 19.2 Å². The van der Waals surface area contributed by atoms with Gasteiger partial charge in [0.25, 0.3) is 0 Å². The molecule has 46 heavy (non-hydrogen) atoms. The van der Waals surface area contributed by atoms with Crippen LogP contribution in [-0.4, -0.2) is 42.7 Å². The number of ether oxygens (including phenoxy) is 2. The molecule has 232 valence electrons. The fourth-order valence-electron chi connectivity index (χ4n) is 7.34. The third-order valence-corrected chi connectivity index (χ3v) is 9.95. The number of para-hydroxylation sites is 1. The Kier molecular flexibility index (Phi) is 7.39. The number of phenols is 1. The lowest BCUT2D eigenvalue weighted by Gasteiger charge is -2.42. The average Bonchev–Trinajstić information content (AvgIpc) is 3.32. The van der Waals surface area contributed by atoms with Crippen molar-refractivity contribution in [3.05, 3.63) is 106 Å². The summed E-state index contributed by atoms with van der Waals surface area (Å²) in [6.45, 7) is 0. The molecular weight excluding hydrogens is 652 g/mol. The molecule has 0 spiro atoms. The summed E-state index contributed by atoms with van der Waals surface area (Å²) in [4.78, 5) is 56.5. The predicted molar refractivity (Wildman–Crippen MR) is 174 cm³/mol. The number of halogens is 1. The number of anilines is 3. The van der Waals surface area contributed by atoms with Crippen LogP contribution in [0.15, 0.2) is 100 Å². The fraction of sp³-hybridized carbons (Fsp3) is 0.222. The average molecular weight is 682 g/mol. The third kappa shape index (κ3) is 4.67. The number of carbonyl (C=O) groups is 4. The summed E-state index contributed by atoms with van der Waals surface area (Å²) in [6.07, 6.45) is 3.52. The second-order valence-electron chi connectivity index (χ2n) is 11.7. The normalized spacial score (nSPS) is 23.8. The van der Waals surface area contributed by atoms with Gasteiger partial charge in [-0.3, -0.25) is 24.1 Å². The molecule has 0 aromatic heterocycles. The zero-order valence-electron chi connectivity index (χ0n) is 25.0. The minimum atomic E-state index is -0.871. The highest BCUT2D eigenvalue weighted by molar-refractivity contribution is 9.12. The van der Waals surface area contributed by atoms with Crippen molar-refractivity contribution in [1.29, 1.82) is 0 Å². The molecule has 0 unspecified atom stereocenters. The van der Waals surface area contributed by atoms with Crippen molar-refractivity contribution in [1.82, 2.24) is 0 Å². The number of fused-ring (bicyclic) bond motifs is 3. The highest BCUT2D eigenvalue weighted by Gasteiger charge is 2.57. The number of hydrogen-bond acceptors (Lipinski definition) is 8. The van der Waals surface area contributed by atoms with Crippen LogP contribution in [0, 0.1) is 17.8 Å². The number of methoxy groups -OCH3 is 2. The zero-order chi connectivity index (χ0) is 32.3. The van der Waals surface area contributed by atoms with Crippen molar-refractivity contribution in [3.63, 3.8) is 0 Å². The monoisotopic (exact) mass is 680 g/mol. The largest absolute Gasteiger partial charge is 0.507 e. The van der Waals surface area contributed by atoms with Gasteiger partial charge in [-0.05, 0) is 71.1 Å². The number of aromatic hydroxyl groups is 1. The highest BCUT2D eigenvalue weighted by atomic mass is 79.9. The Hall–Kier alpha value is -4.96. The van der Waals surface area contributed by atoms with Gasteiger partial charge in [0.15, 0.2) is 11.6 Å². The first-order valence-electron chi connectivity index (χ1n) is 14.9. The molecule has 4 aliphatic rings. The Morgan fingerprint density at radius 3 is 2.30 bits per heavy atom. The van der Waals surface area contributed by atoms with Crippen LogP contribution in [0.4, 0.5) is 17.1 Å². The maximum Gasteiger partial charge on any atom is 0.238 e. The molecule has 2 N–H and O–H groups in total. The number of hydrogen-bond donors (Lipinski definition) is 2. The maximum atomic E-state index is 14.3. The standard InChI is InChI=1S/C36H29BrN2O7/c1-45-21-14-27(40)33(29(15-21)46-2)32-22-12-13-23-30(24(22)16-25-31(32)28(41)17-26(37)34(25)42)36(44)39(35(23)43)20-10-8-19(9-11-20)38-18-6-4-3-5-7-18/h3-12,14-15,17,23-24,30,32,38,40H,13,16H2,1-2H3/t23-,24+,30-,32-/m0/s1. The van der Waals surface area contributed by atoms with Crippen LogP contribution in [0.3, 0.4) is 0 Å². The number of phenolic OH excluding ortho intramolecular Hbond substituents is 1. The summed E-state index contributed by atoms with van der Waals surface area (Å²) in [5, 5.41) is 14.6. The first-order valence-corrected chi connectivity index (χ1v) is 15.6. The van der Waals surface area contributed by atoms with E-state index in [1.165, 1.54) is 31.3 Å². The van der Waals surface area contributed by atoms with Gasteiger partial charge in [0.1, 0.15) is 17.2 Å². The first-order chi connectivity index (χ1) is 22.2. The van der Waals surface area contributed by atoms with E-state index in [2.05, 4.69) is 21.2 Å². The highest BCUT2D eigenvalue weighted by Crippen LogP contribution is 2.58. The van der Waals surface area contributed by atoms with Gasteiger partial charge in [-0.25, -0.2) is 0 Å². The lowest BCUT2D eigenvalue weighted by atomic mass is 9.59. The number of Topliss-reactive ketones (excluding diaryl/α,β-unsaturated/α-hetero) is 1. The van der Waals surface area contributed by atoms with Gasteiger partial charge >= 0.3 is 0 Å². The summed E-state index contributed by atoms with van der Waals surface area (Å²) in [5.74, 6) is -3.77. The summed E-state index contributed by atoms with van der Waals surface area (Å²) in [7, 11) is 2.91. The summed E-state index contributed by atoms with van der Waals surface area (Å²) >= 11 is 3.24. The Morgan fingerprint density at radius 2 is 1.61 bits per heavy atom. The van der Waals surface area contributed by atoms with Gasteiger partial charge in [-0.15, -0.1) is 0 Å². The van der Waals surface area contributed by atoms with Crippen LogP contribution >= 0.6 is 15.9 Å². The van der Waals surface area contributed by atoms with Crippen LogP contribution in [0.1, 0.15) is 24.3 Å². The van der Waals surface area contributed by atoms with E-state index >= 15 is 0 Å². The molecule has 10 heteroatoms. The summed E-state index contributed by atoms with van der Waals surface area (Å²) in [6, 6.07) is 19.8. The molecule has 0 saturated carbocycles. The molecule has 7 rings (SSSR count). The quantitative estimate of drug-likeness (QED) is 0.181. The predicted octanol–water partition coefficient (Wildman–Crippen LogP) is 6.12. The van der Waals surface area contributed by atoms with E-state index in [-0.39, 0.29) is 63.4 Å². The lowest BCUT2D eigenvalue weighted by molar-refractivity contribution is -0.123. The van der Waals surface area contributed by atoms with Gasteiger partial charge in [0.2, 0.25) is 11.8 Å². The smallest absolute Gasteiger partial charge is 0.238 e. The van der Waals surface area contributed by atoms with E-state index < -0.39 is 23.7 Å². The van der Waals surface area contributed by atoms with E-state index in [1.54, 1.807) is 18.2 Å². The number of nitrogens with one attached hydrogen (secondary N) is 1. The van der Waals surface area contributed by atoms with Crippen molar-refractivity contribution >= 4 is 56.4 Å². The molecule has 1 heterocycles. The number of benzene rings is 3. The van der Waals surface area contributed by atoms with E-state index in [0.29, 0.717) is 22.6 Å². The SMILES string of the molecule is COc1cc(O)c([C@H]2C3=CC[C@@H]4C(=O)N(c5ccc(Nc6ccccc6)cc5)C(=O)[C@@H]4[C@@H]3CC3=C2C(=O)C=C(Br)C3=O)c(OC)c1. The number of carbonyl (C=O) groups excluding carboxylic acids is 4. The van der Waals surface area contributed by atoms with Crippen molar-refractivity contribution in [2.24, 2.45) is 17.8 Å². The Balaban J connectivity index is 1.29. The molecule has 1 aliphatic heterocycles. The molecule has 3 aromatic rings. The van der Waals surface area contributed by atoms with Crippen LogP contribution in [0.5, 0.6) is 17.2 Å². The third-order valence-electron chi connectivity index (χ3n) is 9.36. The molecular formula is C36H29BrN2O7. The first kappa shape index (κ1) is 29.7.